The van der Waals surface area contributed by atoms with Crippen molar-refractivity contribution in [1.82, 2.24) is 0 Å². The van der Waals surface area contributed by atoms with Crippen LogP contribution in [0, 0.1) is 11.3 Å². The number of methoxy groups -OCH3 is 1. The fraction of sp³-hybridized carbons (Fsp3) is 0.214. The van der Waals surface area contributed by atoms with Gasteiger partial charge in [-0.15, -0.1) is 0 Å². The van der Waals surface area contributed by atoms with Gasteiger partial charge in [0, 0.05) is 18.3 Å². The Balaban J connectivity index is 3.11. The molecule has 0 saturated heterocycles. The van der Waals surface area contributed by atoms with Crippen molar-refractivity contribution in [3.05, 3.63) is 42.1 Å². The standard InChI is InChI=1S/C14H15N3O3/c1-10(14(18)19-3)17(2)12-7-5-6-11(8-12)13(9-15)16-20-4/h5-8H,1H2,2-4H3. The van der Waals surface area contributed by atoms with Crippen molar-refractivity contribution in [1.29, 1.82) is 5.26 Å². The molecule has 0 atom stereocenters. The van der Waals surface area contributed by atoms with E-state index in [0.717, 1.165) is 0 Å². The number of rotatable bonds is 5. The lowest BCUT2D eigenvalue weighted by Crippen LogP contribution is -2.23. The Morgan fingerprint density at radius 3 is 2.70 bits per heavy atom. The summed E-state index contributed by atoms with van der Waals surface area (Å²) in [6.07, 6.45) is 0. The van der Waals surface area contributed by atoms with E-state index in [0.29, 0.717) is 11.3 Å². The maximum absolute atomic E-state index is 11.4. The minimum Gasteiger partial charge on any atom is -0.464 e. The second-order valence-corrected chi connectivity index (χ2v) is 3.78. The first-order valence-corrected chi connectivity index (χ1v) is 5.67. The molecule has 0 saturated carbocycles. The van der Waals surface area contributed by atoms with E-state index >= 15 is 0 Å². The Hall–Kier alpha value is -2.81. The molecule has 0 spiro atoms. The number of ether oxygens (including phenoxy) is 1. The lowest BCUT2D eigenvalue weighted by atomic mass is 10.1. The van der Waals surface area contributed by atoms with Crippen LogP contribution >= 0.6 is 0 Å². The van der Waals surface area contributed by atoms with Crippen molar-refractivity contribution in [2.75, 3.05) is 26.2 Å². The Kier molecular flexibility index (Phi) is 5.30. The molecule has 1 aromatic rings. The molecule has 0 amide bonds. The largest absolute Gasteiger partial charge is 0.464 e. The number of anilines is 1. The van der Waals surface area contributed by atoms with Crippen LogP contribution in [0.25, 0.3) is 0 Å². The minimum absolute atomic E-state index is 0.145. The number of esters is 1. The molecule has 0 radical (unpaired) electrons. The molecule has 0 aliphatic carbocycles. The second kappa shape index (κ2) is 6.95. The van der Waals surface area contributed by atoms with Crippen molar-refractivity contribution >= 4 is 17.4 Å². The van der Waals surface area contributed by atoms with Crippen LogP contribution in [-0.4, -0.2) is 32.9 Å². The molecule has 0 bridgehead atoms. The Labute approximate surface area is 117 Å². The maximum atomic E-state index is 11.4. The Morgan fingerprint density at radius 2 is 2.15 bits per heavy atom. The number of benzene rings is 1. The number of likely N-dealkylation sites (N-methyl/N-ethyl adjacent to an activating group) is 1. The highest BCUT2D eigenvalue weighted by molar-refractivity contribution is 6.11. The summed E-state index contributed by atoms with van der Waals surface area (Å²) in [7, 11) is 4.33. The predicted molar refractivity (Wildman–Crippen MR) is 75.2 cm³/mol. The number of oxime groups is 1. The average Bonchev–Trinajstić information content (AvgIpc) is 2.50. The van der Waals surface area contributed by atoms with Crippen molar-refractivity contribution < 1.29 is 14.4 Å². The Morgan fingerprint density at radius 1 is 1.45 bits per heavy atom. The van der Waals surface area contributed by atoms with E-state index in [4.69, 9.17) is 5.26 Å². The molecule has 20 heavy (non-hydrogen) atoms. The van der Waals surface area contributed by atoms with E-state index in [1.165, 1.54) is 14.2 Å². The van der Waals surface area contributed by atoms with Gasteiger partial charge in [0.05, 0.1) is 7.11 Å². The second-order valence-electron chi connectivity index (χ2n) is 3.78. The molecular weight excluding hydrogens is 258 g/mol. The predicted octanol–water partition coefficient (Wildman–Crippen LogP) is 1.68. The van der Waals surface area contributed by atoms with Gasteiger partial charge in [-0.1, -0.05) is 23.9 Å². The van der Waals surface area contributed by atoms with Crippen LogP contribution in [0.4, 0.5) is 5.69 Å². The first-order valence-electron chi connectivity index (χ1n) is 5.67. The third kappa shape index (κ3) is 3.36. The highest BCUT2D eigenvalue weighted by Gasteiger charge is 2.14. The molecule has 0 heterocycles. The van der Waals surface area contributed by atoms with E-state index < -0.39 is 5.97 Å². The fourth-order valence-electron chi connectivity index (χ4n) is 1.50. The number of hydrogen-bond donors (Lipinski definition) is 0. The normalized spacial score (nSPS) is 10.4. The molecule has 104 valence electrons. The lowest BCUT2D eigenvalue weighted by Gasteiger charge is -2.20. The number of nitrogens with zero attached hydrogens (tertiary/aromatic N) is 3. The fourth-order valence-corrected chi connectivity index (χ4v) is 1.50. The molecule has 1 aromatic carbocycles. The van der Waals surface area contributed by atoms with Gasteiger partial charge in [-0.3, -0.25) is 0 Å². The molecule has 0 aliphatic rings. The average molecular weight is 273 g/mol. The lowest BCUT2D eigenvalue weighted by molar-refractivity contribution is -0.136. The SMILES string of the molecule is C=C(C(=O)OC)N(C)c1cccc(C(C#N)=NOC)c1. The van der Waals surface area contributed by atoms with Crippen LogP contribution in [0.1, 0.15) is 5.56 Å². The molecular formula is C14H15N3O3. The summed E-state index contributed by atoms with van der Waals surface area (Å²) >= 11 is 0. The van der Waals surface area contributed by atoms with Crippen LogP contribution < -0.4 is 4.90 Å². The summed E-state index contributed by atoms with van der Waals surface area (Å²) in [5.74, 6) is -0.524. The first kappa shape index (κ1) is 15.2. The zero-order valence-electron chi connectivity index (χ0n) is 11.6. The molecule has 0 aromatic heterocycles. The van der Waals surface area contributed by atoms with Crippen molar-refractivity contribution in [3.8, 4) is 6.07 Å². The first-order chi connectivity index (χ1) is 9.54. The smallest absolute Gasteiger partial charge is 0.354 e. The van der Waals surface area contributed by atoms with Gasteiger partial charge in [0.2, 0.25) is 0 Å². The van der Waals surface area contributed by atoms with Crippen LogP contribution in [0.5, 0.6) is 0 Å². The van der Waals surface area contributed by atoms with Gasteiger partial charge in [0.15, 0.2) is 5.71 Å². The highest BCUT2D eigenvalue weighted by Crippen LogP contribution is 2.19. The minimum atomic E-state index is -0.524. The zero-order valence-corrected chi connectivity index (χ0v) is 11.6. The van der Waals surface area contributed by atoms with Crippen molar-refractivity contribution in [2.45, 2.75) is 0 Å². The van der Waals surface area contributed by atoms with Gasteiger partial charge in [0.1, 0.15) is 18.9 Å². The summed E-state index contributed by atoms with van der Waals surface area (Å²) in [6, 6.07) is 8.89. The number of hydrogen-bond acceptors (Lipinski definition) is 6. The van der Waals surface area contributed by atoms with Crippen LogP contribution in [0.15, 0.2) is 41.7 Å². The third-order valence-corrected chi connectivity index (χ3v) is 2.62. The summed E-state index contributed by atoms with van der Waals surface area (Å²) in [5, 5.41) is 12.6. The molecule has 0 unspecified atom stereocenters. The van der Waals surface area contributed by atoms with E-state index in [1.807, 2.05) is 6.07 Å². The summed E-state index contributed by atoms with van der Waals surface area (Å²) in [6.45, 7) is 3.66. The monoisotopic (exact) mass is 273 g/mol. The number of nitriles is 1. The maximum Gasteiger partial charge on any atom is 0.354 e. The molecule has 6 heteroatoms. The van der Waals surface area contributed by atoms with Gasteiger partial charge < -0.3 is 14.5 Å². The van der Waals surface area contributed by atoms with Crippen LogP contribution in [0.2, 0.25) is 0 Å². The van der Waals surface area contributed by atoms with E-state index in [9.17, 15) is 4.79 Å². The molecule has 1 rings (SSSR count). The topological polar surface area (TPSA) is 74.9 Å². The number of carbonyl (C=O) groups is 1. The van der Waals surface area contributed by atoms with Gasteiger partial charge >= 0.3 is 5.97 Å². The highest BCUT2D eigenvalue weighted by atomic mass is 16.6. The van der Waals surface area contributed by atoms with Gasteiger partial charge in [-0.25, -0.2) is 4.79 Å². The van der Waals surface area contributed by atoms with E-state index in [-0.39, 0.29) is 11.4 Å². The van der Waals surface area contributed by atoms with Gasteiger partial charge in [-0.2, -0.15) is 5.26 Å². The van der Waals surface area contributed by atoms with Crippen LogP contribution in [0.3, 0.4) is 0 Å². The third-order valence-electron chi connectivity index (χ3n) is 2.62. The molecule has 0 aliphatic heterocycles. The quantitative estimate of drug-likeness (QED) is 0.353. The van der Waals surface area contributed by atoms with E-state index in [1.54, 1.807) is 36.2 Å². The molecule has 6 nitrogen and oxygen atoms in total. The van der Waals surface area contributed by atoms with E-state index in [2.05, 4.69) is 21.3 Å². The van der Waals surface area contributed by atoms with Gasteiger partial charge in [0.25, 0.3) is 0 Å². The van der Waals surface area contributed by atoms with Crippen molar-refractivity contribution in [3.63, 3.8) is 0 Å². The Bertz CT molecular complexity index is 588. The van der Waals surface area contributed by atoms with Gasteiger partial charge in [-0.05, 0) is 12.1 Å². The molecule has 0 N–H and O–H groups in total. The number of carbonyl (C=O) groups excluding carboxylic acids is 1. The summed E-state index contributed by atoms with van der Waals surface area (Å²) < 4.78 is 4.62. The zero-order chi connectivity index (χ0) is 15.1. The summed E-state index contributed by atoms with van der Waals surface area (Å²) in [5.41, 5.74) is 1.59. The van der Waals surface area contributed by atoms with Crippen molar-refractivity contribution in [2.24, 2.45) is 5.16 Å². The summed E-state index contributed by atoms with van der Waals surface area (Å²) in [4.78, 5) is 17.6. The van der Waals surface area contributed by atoms with Crippen LogP contribution in [-0.2, 0) is 14.4 Å². The molecule has 0 fully saturated rings.